The second kappa shape index (κ2) is 3.92. The van der Waals surface area contributed by atoms with Crippen molar-refractivity contribution in [3.8, 4) is 5.75 Å². The van der Waals surface area contributed by atoms with Crippen LogP contribution in [-0.2, 0) is 0 Å². The first-order chi connectivity index (χ1) is 6.84. The van der Waals surface area contributed by atoms with Gasteiger partial charge >= 0.3 is 12.5 Å². The molecule has 0 bridgehead atoms. The maximum Gasteiger partial charge on any atom is 0.461 e. The quantitative estimate of drug-likeness (QED) is 0.741. The normalized spacial score (nSPS) is 11.9. The van der Waals surface area contributed by atoms with Crippen molar-refractivity contribution < 1.29 is 26.7 Å². The molecule has 0 radical (unpaired) electrons. The summed E-state index contributed by atoms with van der Waals surface area (Å²) in [4.78, 5) is 11.0. The number of hydrogen-bond donors (Lipinski definition) is 0. The van der Waals surface area contributed by atoms with E-state index in [1.807, 2.05) is 0 Å². The average Bonchev–Trinajstić information content (AvgIpc) is 2.11. The molecular formula is C8H6F4O3. The van der Waals surface area contributed by atoms with Gasteiger partial charge in [0.1, 0.15) is 5.76 Å². The smallest absolute Gasteiger partial charge is 0.461 e. The van der Waals surface area contributed by atoms with Gasteiger partial charge in [-0.2, -0.15) is 17.6 Å². The molecule has 84 valence electrons. The van der Waals surface area contributed by atoms with Gasteiger partial charge in [-0.1, -0.05) is 0 Å². The van der Waals surface area contributed by atoms with Gasteiger partial charge in [-0.15, -0.1) is 0 Å². The van der Waals surface area contributed by atoms with Crippen molar-refractivity contribution in [2.24, 2.45) is 0 Å². The molecule has 0 aliphatic rings. The second-order valence-electron chi connectivity index (χ2n) is 2.63. The summed E-state index contributed by atoms with van der Waals surface area (Å²) in [5.41, 5.74) is -0.945. The van der Waals surface area contributed by atoms with Crippen molar-refractivity contribution in [1.29, 1.82) is 0 Å². The molecule has 0 saturated carbocycles. The SMILES string of the molecule is Cc1occc(=O)c1OC(F)(F)C(F)F. The van der Waals surface area contributed by atoms with E-state index in [0.29, 0.717) is 0 Å². The fraction of sp³-hybridized carbons (Fsp3) is 0.375. The van der Waals surface area contributed by atoms with Crippen LogP contribution in [0.25, 0.3) is 0 Å². The largest absolute Gasteiger partial charge is 0.465 e. The van der Waals surface area contributed by atoms with Crippen LogP contribution in [0, 0.1) is 6.92 Å². The van der Waals surface area contributed by atoms with E-state index in [4.69, 9.17) is 0 Å². The van der Waals surface area contributed by atoms with E-state index in [1.165, 1.54) is 0 Å². The van der Waals surface area contributed by atoms with Gasteiger partial charge in [-0.3, -0.25) is 4.79 Å². The van der Waals surface area contributed by atoms with E-state index < -0.39 is 23.7 Å². The van der Waals surface area contributed by atoms with Gasteiger partial charge in [-0.05, 0) is 6.92 Å². The highest BCUT2D eigenvalue weighted by atomic mass is 19.3. The molecule has 0 saturated heterocycles. The molecule has 0 aliphatic carbocycles. The monoisotopic (exact) mass is 226 g/mol. The van der Waals surface area contributed by atoms with Crippen LogP contribution in [0.1, 0.15) is 5.76 Å². The lowest BCUT2D eigenvalue weighted by Gasteiger charge is -2.16. The summed E-state index contributed by atoms with van der Waals surface area (Å²) in [6.07, 6.45) is -7.78. The number of halogens is 4. The maximum absolute atomic E-state index is 12.4. The minimum atomic E-state index is -4.71. The van der Waals surface area contributed by atoms with Crippen LogP contribution in [0.5, 0.6) is 5.75 Å². The molecule has 0 fully saturated rings. The molecule has 0 spiro atoms. The molecule has 0 atom stereocenters. The lowest BCUT2D eigenvalue weighted by atomic mass is 10.4. The Balaban J connectivity index is 3.05. The van der Waals surface area contributed by atoms with Gasteiger partial charge < -0.3 is 9.15 Å². The summed E-state index contributed by atoms with van der Waals surface area (Å²) in [6, 6.07) is 0.796. The predicted octanol–water partition coefficient (Wildman–Crippen LogP) is 2.18. The van der Waals surface area contributed by atoms with Crippen molar-refractivity contribution in [3.05, 3.63) is 28.3 Å². The zero-order valence-electron chi connectivity index (χ0n) is 7.47. The van der Waals surface area contributed by atoms with Crippen LogP contribution >= 0.6 is 0 Å². The van der Waals surface area contributed by atoms with Gasteiger partial charge in [-0.25, -0.2) is 0 Å². The third-order valence-electron chi connectivity index (χ3n) is 1.50. The van der Waals surface area contributed by atoms with Crippen LogP contribution in [0.3, 0.4) is 0 Å². The minimum Gasteiger partial charge on any atom is -0.465 e. The summed E-state index contributed by atoms with van der Waals surface area (Å²) in [5.74, 6) is -1.20. The third-order valence-corrected chi connectivity index (χ3v) is 1.50. The summed E-state index contributed by atoms with van der Waals surface area (Å²) in [6.45, 7) is 1.15. The van der Waals surface area contributed by atoms with E-state index in [2.05, 4.69) is 9.15 Å². The van der Waals surface area contributed by atoms with Gasteiger partial charge in [0.15, 0.2) is 0 Å². The molecule has 15 heavy (non-hydrogen) atoms. The standard InChI is InChI=1S/C8H6F4O3/c1-4-6(5(13)2-3-14-4)15-8(11,12)7(9)10/h2-3,7H,1H3. The third kappa shape index (κ3) is 2.48. The molecule has 0 aliphatic heterocycles. The molecule has 0 amide bonds. The molecule has 1 aromatic rings. The van der Waals surface area contributed by atoms with Crippen LogP contribution in [0.2, 0.25) is 0 Å². The number of aryl methyl sites for hydroxylation is 1. The number of alkyl halides is 4. The zero-order valence-corrected chi connectivity index (χ0v) is 7.47. The Hall–Kier alpha value is -1.53. The average molecular weight is 226 g/mol. The Labute approximate surface area is 81.3 Å². The highest BCUT2D eigenvalue weighted by Crippen LogP contribution is 2.27. The van der Waals surface area contributed by atoms with Crippen molar-refractivity contribution in [3.63, 3.8) is 0 Å². The van der Waals surface area contributed by atoms with Crippen molar-refractivity contribution in [1.82, 2.24) is 0 Å². The maximum atomic E-state index is 12.4. The lowest BCUT2D eigenvalue weighted by molar-refractivity contribution is -0.254. The summed E-state index contributed by atoms with van der Waals surface area (Å²) < 4.78 is 56.6. The van der Waals surface area contributed by atoms with E-state index in [1.54, 1.807) is 0 Å². The van der Waals surface area contributed by atoms with Crippen LogP contribution in [0.15, 0.2) is 21.5 Å². The fourth-order valence-electron chi connectivity index (χ4n) is 0.803. The van der Waals surface area contributed by atoms with Crippen LogP contribution in [-0.4, -0.2) is 12.5 Å². The molecule has 1 aromatic heterocycles. The number of hydrogen-bond acceptors (Lipinski definition) is 3. The second-order valence-corrected chi connectivity index (χ2v) is 2.63. The number of ether oxygens (including phenoxy) is 1. The van der Waals surface area contributed by atoms with Gasteiger partial charge in [0.05, 0.1) is 6.26 Å². The Bertz CT molecular complexity index is 399. The van der Waals surface area contributed by atoms with E-state index >= 15 is 0 Å². The summed E-state index contributed by atoms with van der Waals surface area (Å²) in [7, 11) is 0. The van der Waals surface area contributed by atoms with Crippen molar-refractivity contribution in [2.75, 3.05) is 0 Å². The fourth-order valence-corrected chi connectivity index (χ4v) is 0.803. The minimum absolute atomic E-state index is 0.289. The summed E-state index contributed by atoms with van der Waals surface area (Å²) in [5, 5.41) is 0. The first-order valence-corrected chi connectivity index (χ1v) is 3.78. The lowest BCUT2D eigenvalue weighted by Crippen LogP contribution is -2.35. The first-order valence-electron chi connectivity index (χ1n) is 3.78. The molecular weight excluding hydrogens is 220 g/mol. The van der Waals surface area contributed by atoms with Crippen LogP contribution < -0.4 is 10.2 Å². The molecule has 0 N–H and O–H groups in total. The first kappa shape index (κ1) is 11.5. The summed E-state index contributed by atoms with van der Waals surface area (Å²) >= 11 is 0. The number of rotatable bonds is 3. The van der Waals surface area contributed by atoms with E-state index in [-0.39, 0.29) is 5.76 Å². The van der Waals surface area contributed by atoms with Gasteiger partial charge in [0, 0.05) is 6.07 Å². The Morgan fingerprint density at radius 2 is 2.07 bits per heavy atom. The molecule has 7 heteroatoms. The highest BCUT2D eigenvalue weighted by molar-refractivity contribution is 5.23. The van der Waals surface area contributed by atoms with Crippen molar-refractivity contribution >= 4 is 0 Å². The topological polar surface area (TPSA) is 39.4 Å². The molecule has 1 heterocycles. The Morgan fingerprint density at radius 3 is 2.53 bits per heavy atom. The molecule has 0 unspecified atom stereocenters. The van der Waals surface area contributed by atoms with Gasteiger partial charge in [0.2, 0.25) is 11.2 Å². The van der Waals surface area contributed by atoms with Crippen molar-refractivity contribution in [2.45, 2.75) is 19.5 Å². The molecule has 3 nitrogen and oxygen atoms in total. The van der Waals surface area contributed by atoms with E-state index in [0.717, 1.165) is 19.3 Å². The zero-order chi connectivity index (χ0) is 11.6. The van der Waals surface area contributed by atoms with Crippen LogP contribution in [0.4, 0.5) is 17.6 Å². The van der Waals surface area contributed by atoms with Gasteiger partial charge in [0.25, 0.3) is 0 Å². The highest BCUT2D eigenvalue weighted by Gasteiger charge is 2.45. The Kier molecular flexibility index (Phi) is 3.01. The Morgan fingerprint density at radius 1 is 1.47 bits per heavy atom. The predicted molar refractivity (Wildman–Crippen MR) is 41.3 cm³/mol. The molecule has 0 aromatic carbocycles. The molecule has 1 rings (SSSR count). The van der Waals surface area contributed by atoms with E-state index in [9.17, 15) is 22.4 Å².